The number of nitriles is 1. The number of aromatic nitrogens is 2. The van der Waals surface area contributed by atoms with Crippen molar-refractivity contribution in [3.63, 3.8) is 0 Å². The maximum Gasteiger partial charge on any atom is 0.127 e. The molecule has 1 unspecified atom stereocenters. The summed E-state index contributed by atoms with van der Waals surface area (Å²) >= 11 is 0. The van der Waals surface area contributed by atoms with Crippen LogP contribution < -0.4 is 5.32 Å². The highest BCUT2D eigenvalue weighted by Crippen LogP contribution is 2.23. The first-order valence-electron chi connectivity index (χ1n) is 6.63. The van der Waals surface area contributed by atoms with Crippen LogP contribution in [0.4, 0.5) is 0 Å². The zero-order chi connectivity index (χ0) is 13.0. The van der Waals surface area contributed by atoms with E-state index in [1.807, 2.05) is 17.9 Å². The van der Waals surface area contributed by atoms with E-state index in [4.69, 9.17) is 0 Å². The lowest BCUT2D eigenvalue weighted by molar-refractivity contribution is 0.251. The minimum absolute atomic E-state index is 0.159. The van der Waals surface area contributed by atoms with E-state index < -0.39 is 0 Å². The highest BCUT2D eigenvalue weighted by atomic mass is 15.3. The summed E-state index contributed by atoms with van der Waals surface area (Å²) in [5.74, 6) is 0. The molecule has 0 radical (unpaired) electrons. The molecule has 1 aliphatic rings. The van der Waals surface area contributed by atoms with Crippen LogP contribution in [0.3, 0.4) is 0 Å². The Labute approximate surface area is 108 Å². The first-order chi connectivity index (χ1) is 8.76. The Morgan fingerprint density at radius 2 is 2.33 bits per heavy atom. The lowest BCUT2D eigenvalue weighted by Crippen LogP contribution is -2.31. The van der Waals surface area contributed by atoms with E-state index in [0.717, 1.165) is 50.3 Å². The van der Waals surface area contributed by atoms with E-state index in [-0.39, 0.29) is 6.04 Å². The molecule has 0 aromatic carbocycles. The summed E-state index contributed by atoms with van der Waals surface area (Å²) in [5.41, 5.74) is 2.12. The monoisotopic (exact) mass is 247 g/mol. The van der Waals surface area contributed by atoms with Gasteiger partial charge in [0.1, 0.15) is 6.04 Å². The van der Waals surface area contributed by atoms with Crippen molar-refractivity contribution in [1.82, 2.24) is 20.0 Å². The Morgan fingerprint density at radius 3 is 3.06 bits per heavy atom. The Bertz CT molecular complexity index is 423. The van der Waals surface area contributed by atoms with E-state index in [1.165, 1.54) is 0 Å². The van der Waals surface area contributed by atoms with Crippen molar-refractivity contribution in [2.45, 2.75) is 25.8 Å². The molecule has 18 heavy (non-hydrogen) atoms. The molecule has 0 aliphatic carbocycles. The molecule has 98 valence electrons. The van der Waals surface area contributed by atoms with Crippen LogP contribution in [0.25, 0.3) is 0 Å². The van der Waals surface area contributed by atoms with Gasteiger partial charge in [0.05, 0.1) is 11.8 Å². The molecule has 1 aliphatic heterocycles. The predicted octanol–water partition coefficient (Wildman–Crippen LogP) is 0.842. The molecule has 0 amide bonds. The van der Waals surface area contributed by atoms with Gasteiger partial charge in [0.15, 0.2) is 0 Å². The minimum Gasteiger partial charge on any atom is -0.315 e. The number of nitrogens with zero attached hydrogens (tertiary/aromatic N) is 4. The number of hydrogen-bond acceptors (Lipinski definition) is 4. The second-order valence-corrected chi connectivity index (χ2v) is 4.73. The molecular weight excluding hydrogens is 226 g/mol. The summed E-state index contributed by atoms with van der Waals surface area (Å²) in [6.07, 6.45) is 3.96. The van der Waals surface area contributed by atoms with E-state index >= 15 is 0 Å². The lowest BCUT2D eigenvalue weighted by atomic mass is 10.1. The fourth-order valence-corrected chi connectivity index (χ4v) is 2.53. The van der Waals surface area contributed by atoms with Crippen LogP contribution in [0, 0.1) is 11.3 Å². The Balaban J connectivity index is 2.23. The Kier molecular flexibility index (Phi) is 4.34. The second kappa shape index (κ2) is 5.98. The van der Waals surface area contributed by atoms with E-state index in [2.05, 4.69) is 28.3 Å². The molecule has 1 fully saturated rings. The SMILES string of the molecule is CCc1nn(C)cc1C(C#N)N1CCCNCC1. The Morgan fingerprint density at radius 1 is 1.50 bits per heavy atom. The summed E-state index contributed by atoms with van der Waals surface area (Å²) in [4.78, 5) is 2.26. The zero-order valence-electron chi connectivity index (χ0n) is 11.2. The van der Waals surface area contributed by atoms with Crippen LogP contribution >= 0.6 is 0 Å². The van der Waals surface area contributed by atoms with E-state index in [1.54, 1.807) is 0 Å². The van der Waals surface area contributed by atoms with Gasteiger partial charge in [-0.15, -0.1) is 0 Å². The Hall–Kier alpha value is -1.38. The van der Waals surface area contributed by atoms with Crippen molar-refractivity contribution in [1.29, 1.82) is 5.26 Å². The summed E-state index contributed by atoms with van der Waals surface area (Å²) in [6, 6.07) is 2.29. The molecular formula is C13H21N5. The van der Waals surface area contributed by atoms with Crippen molar-refractivity contribution in [2.75, 3.05) is 26.2 Å². The molecule has 1 aromatic heterocycles. The van der Waals surface area contributed by atoms with Crippen LogP contribution in [0.2, 0.25) is 0 Å². The van der Waals surface area contributed by atoms with E-state index in [9.17, 15) is 5.26 Å². The van der Waals surface area contributed by atoms with Crippen LogP contribution in [0.15, 0.2) is 6.20 Å². The summed E-state index contributed by atoms with van der Waals surface area (Å²) in [7, 11) is 1.92. The molecule has 2 heterocycles. The van der Waals surface area contributed by atoms with Crippen molar-refractivity contribution in [3.8, 4) is 6.07 Å². The lowest BCUT2D eigenvalue weighted by Gasteiger charge is -2.24. The summed E-state index contributed by atoms with van der Waals surface area (Å²) in [5, 5.41) is 17.3. The van der Waals surface area contributed by atoms with Crippen molar-refractivity contribution < 1.29 is 0 Å². The van der Waals surface area contributed by atoms with Gasteiger partial charge in [-0.3, -0.25) is 9.58 Å². The molecule has 1 atom stereocenters. The molecule has 1 N–H and O–H groups in total. The van der Waals surface area contributed by atoms with Crippen molar-refractivity contribution in [3.05, 3.63) is 17.5 Å². The quantitative estimate of drug-likeness (QED) is 0.860. The first-order valence-corrected chi connectivity index (χ1v) is 6.63. The van der Waals surface area contributed by atoms with Crippen molar-refractivity contribution in [2.24, 2.45) is 7.05 Å². The van der Waals surface area contributed by atoms with Crippen molar-refractivity contribution >= 4 is 0 Å². The first kappa shape index (κ1) is 13.1. The largest absolute Gasteiger partial charge is 0.315 e. The maximum absolute atomic E-state index is 9.50. The third-order valence-corrected chi connectivity index (χ3v) is 3.43. The topological polar surface area (TPSA) is 56.9 Å². The predicted molar refractivity (Wildman–Crippen MR) is 70.0 cm³/mol. The van der Waals surface area contributed by atoms with Gasteiger partial charge in [0, 0.05) is 38.4 Å². The number of hydrogen-bond donors (Lipinski definition) is 1. The third kappa shape index (κ3) is 2.71. The fraction of sp³-hybridized carbons (Fsp3) is 0.692. The smallest absolute Gasteiger partial charge is 0.127 e. The minimum atomic E-state index is -0.159. The molecule has 0 spiro atoms. The molecule has 1 aromatic rings. The zero-order valence-corrected chi connectivity index (χ0v) is 11.2. The summed E-state index contributed by atoms with van der Waals surface area (Å²) < 4.78 is 1.81. The van der Waals surface area contributed by atoms with Gasteiger partial charge < -0.3 is 5.32 Å². The van der Waals surface area contributed by atoms with E-state index in [0.29, 0.717) is 0 Å². The fourth-order valence-electron chi connectivity index (χ4n) is 2.53. The molecule has 2 rings (SSSR count). The molecule has 0 bridgehead atoms. The molecule has 5 heteroatoms. The number of aryl methyl sites for hydroxylation is 2. The van der Waals surface area contributed by atoms with Gasteiger partial charge in [-0.1, -0.05) is 6.92 Å². The highest BCUT2D eigenvalue weighted by molar-refractivity contribution is 5.26. The van der Waals surface area contributed by atoms with Gasteiger partial charge in [-0.2, -0.15) is 10.4 Å². The molecule has 1 saturated heterocycles. The van der Waals surface area contributed by atoms with Gasteiger partial charge in [-0.05, 0) is 19.4 Å². The summed E-state index contributed by atoms with van der Waals surface area (Å²) in [6.45, 7) is 5.99. The number of nitrogens with one attached hydrogen (secondary N) is 1. The molecule has 5 nitrogen and oxygen atoms in total. The van der Waals surface area contributed by atoms with Crippen LogP contribution in [-0.4, -0.2) is 40.9 Å². The van der Waals surface area contributed by atoms with Gasteiger partial charge in [-0.25, -0.2) is 0 Å². The average molecular weight is 247 g/mol. The van der Waals surface area contributed by atoms with Crippen LogP contribution in [0.5, 0.6) is 0 Å². The van der Waals surface area contributed by atoms with Gasteiger partial charge in [0.25, 0.3) is 0 Å². The van der Waals surface area contributed by atoms with Crippen LogP contribution in [-0.2, 0) is 13.5 Å². The number of rotatable bonds is 3. The standard InChI is InChI=1S/C13H21N5/c1-3-12-11(10-17(2)16-12)13(9-14)18-7-4-5-15-6-8-18/h10,13,15H,3-8H2,1-2H3. The maximum atomic E-state index is 9.50. The highest BCUT2D eigenvalue weighted by Gasteiger charge is 2.24. The second-order valence-electron chi connectivity index (χ2n) is 4.73. The van der Waals surface area contributed by atoms with Crippen LogP contribution in [0.1, 0.15) is 30.6 Å². The average Bonchev–Trinajstić information content (AvgIpc) is 2.58. The van der Waals surface area contributed by atoms with Gasteiger partial charge >= 0.3 is 0 Å². The van der Waals surface area contributed by atoms with Gasteiger partial charge in [0.2, 0.25) is 0 Å². The normalized spacial score (nSPS) is 19.2. The molecule has 0 saturated carbocycles. The third-order valence-electron chi connectivity index (χ3n) is 3.43.